The molecule has 0 amide bonds. The van der Waals surface area contributed by atoms with Crippen LogP contribution in [0.5, 0.6) is 23.0 Å². The fourth-order valence-electron chi connectivity index (χ4n) is 7.72. The number of benzene rings is 7. The van der Waals surface area contributed by atoms with Crippen molar-refractivity contribution in [2.75, 3.05) is 7.11 Å². The van der Waals surface area contributed by atoms with Gasteiger partial charge in [-0.05, 0) is 110 Å². The Morgan fingerprint density at radius 3 is 1.59 bits per heavy atom. The molecule has 0 radical (unpaired) electrons. The van der Waals surface area contributed by atoms with Crippen molar-refractivity contribution in [2.24, 2.45) is 0 Å². The van der Waals surface area contributed by atoms with Gasteiger partial charge in [-0.15, -0.1) is 0 Å². The summed E-state index contributed by atoms with van der Waals surface area (Å²) in [4.78, 5) is 0. The quantitative estimate of drug-likeness (QED) is 0.179. The molecule has 0 heterocycles. The topological polar surface area (TPSA) is 69.9 Å². The van der Waals surface area contributed by atoms with Gasteiger partial charge in [0, 0.05) is 0 Å². The zero-order valence-corrected chi connectivity index (χ0v) is 27.0. The van der Waals surface area contributed by atoms with Crippen LogP contribution in [-0.4, -0.2) is 22.4 Å². The minimum atomic E-state index is -0.491. The number of hydrogen-bond acceptors (Lipinski definition) is 4. The normalized spacial score (nSPS) is 12.9. The second kappa shape index (κ2) is 12.1. The van der Waals surface area contributed by atoms with E-state index in [9.17, 15) is 15.3 Å². The van der Waals surface area contributed by atoms with Crippen LogP contribution in [0.25, 0.3) is 33.4 Å². The Bertz CT molecular complexity index is 2230. The number of phenols is 3. The van der Waals surface area contributed by atoms with Gasteiger partial charge in [-0.1, -0.05) is 121 Å². The molecule has 7 aromatic rings. The molecular weight excluding hydrogens is 604 g/mol. The van der Waals surface area contributed by atoms with Gasteiger partial charge in [-0.3, -0.25) is 0 Å². The van der Waals surface area contributed by atoms with Gasteiger partial charge in [0.15, 0.2) is 11.5 Å². The Hall–Kier alpha value is -6.26. The van der Waals surface area contributed by atoms with Crippen molar-refractivity contribution in [1.29, 1.82) is 0 Å². The second-order valence-electron chi connectivity index (χ2n) is 12.5. The lowest BCUT2D eigenvalue weighted by Gasteiger charge is -2.33. The molecule has 0 unspecified atom stereocenters. The van der Waals surface area contributed by atoms with Crippen LogP contribution in [0.2, 0.25) is 0 Å². The van der Waals surface area contributed by atoms with Gasteiger partial charge < -0.3 is 20.1 Å². The number of fused-ring (bicyclic) bond motifs is 6. The van der Waals surface area contributed by atoms with Crippen molar-refractivity contribution in [2.45, 2.75) is 11.8 Å². The third kappa shape index (κ3) is 4.92. The van der Waals surface area contributed by atoms with E-state index in [1.165, 1.54) is 50.1 Å². The second-order valence-corrected chi connectivity index (χ2v) is 12.5. The van der Waals surface area contributed by atoms with Crippen LogP contribution < -0.4 is 4.74 Å². The summed E-state index contributed by atoms with van der Waals surface area (Å²) in [5.74, 6) is 1.17. The molecule has 0 aromatic heterocycles. The summed E-state index contributed by atoms with van der Waals surface area (Å²) in [5, 5.41) is 29.5. The fourth-order valence-corrected chi connectivity index (χ4v) is 7.72. The lowest BCUT2D eigenvalue weighted by Crippen LogP contribution is -2.28. The Labute approximate surface area is 285 Å². The summed E-state index contributed by atoms with van der Waals surface area (Å²) in [6, 6.07) is 52.3. The zero-order chi connectivity index (χ0) is 33.5. The van der Waals surface area contributed by atoms with Crippen LogP contribution in [0.3, 0.4) is 0 Å². The highest BCUT2D eigenvalue weighted by Gasteiger charge is 2.45. The Kier molecular flexibility index (Phi) is 7.42. The summed E-state index contributed by atoms with van der Waals surface area (Å²) >= 11 is 0. The Morgan fingerprint density at radius 1 is 0.490 bits per heavy atom. The first-order chi connectivity index (χ1) is 24.0. The SMILES string of the molecule is COc1cc(-c2cccc3c2Cc2ccccc2-3)ccc1O.Oc1ccc(C2(c3ccc(O)cc3)c3ccccc3-c3ccccc32)cc1. The Balaban J connectivity index is 0.000000145. The van der Waals surface area contributed by atoms with Crippen LogP contribution >= 0.6 is 0 Å². The first kappa shape index (κ1) is 30.1. The highest BCUT2D eigenvalue weighted by atomic mass is 16.5. The minimum Gasteiger partial charge on any atom is -0.508 e. The van der Waals surface area contributed by atoms with Crippen molar-refractivity contribution in [3.63, 3.8) is 0 Å². The third-order valence-corrected chi connectivity index (χ3v) is 9.89. The van der Waals surface area contributed by atoms with E-state index in [4.69, 9.17) is 4.74 Å². The van der Waals surface area contributed by atoms with E-state index in [0.29, 0.717) is 5.75 Å². The van der Waals surface area contributed by atoms with Crippen molar-refractivity contribution in [1.82, 2.24) is 0 Å². The third-order valence-electron chi connectivity index (χ3n) is 9.89. The summed E-state index contributed by atoms with van der Waals surface area (Å²) in [6.07, 6.45) is 0.949. The maximum atomic E-state index is 9.85. The maximum Gasteiger partial charge on any atom is 0.161 e. The monoisotopic (exact) mass is 638 g/mol. The molecule has 4 nitrogen and oxygen atoms in total. The van der Waals surface area contributed by atoms with Crippen LogP contribution in [0, 0.1) is 0 Å². The molecule has 49 heavy (non-hydrogen) atoms. The molecule has 0 saturated carbocycles. The van der Waals surface area contributed by atoms with E-state index in [0.717, 1.165) is 23.1 Å². The summed E-state index contributed by atoms with van der Waals surface area (Å²) in [6.45, 7) is 0. The summed E-state index contributed by atoms with van der Waals surface area (Å²) < 4.78 is 5.24. The van der Waals surface area contributed by atoms with Gasteiger partial charge in [0.1, 0.15) is 11.5 Å². The number of ether oxygens (including phenoxy) is 1. The molecule has 7 aromatic carbocycles. The van der Waals surface area contributed by atoms with Crippen LogP contribution in [-0.2, 0) is 11.8 Å². The molecule has 0 aliphatic heterocycles. The molecule has 3 N–H and O–H groups in total. The molecule has 0 saturated heterocycles. The minimum absolute atomic E-state index is 0.169. The average molecular weight is 639 g/mol. The van der Waals surface area contributed by atoms with E-state index < -0.39 is 5.41 Å². The van der Waals surface area contributed by atoms with Gasteiger partial charge in [-0.25, -0.2) is 0 Å². The van der Waals surface area contributed by atoms with Crippen LogP contribution in [0.1, 0.15) is 33.4 Å². The van der Waals surface area contributed by atoms with E-state index in [-0.39, 0.29) is 17.2 Å². The van der Waals surface area contributed by atoms with Crippen molar-refractivity contribution in [3.05, 3.63) is 191 Å². The highest BCUT2D eigenvalue weighted by molar-refractivity contribution is 5.87. The van der Waals surface area contributed by atoms with Crippen molar-refractivity contribution < 1.29 is 20.1 Å². The van der Waals surface area contributed by atoms with Crippen molar-refractivity contribution >= 4 is 0 Å². The molecule has 2 aliphatic carbocycles. The van der Waals surface area contributed by atoms with E-state index in [1.54, 1.807) is 37.4 Å². The fraction of sp³-hybridized carbons (Fsp3) is 0.0667. The zero-order valence-electron chi connectivity index (χ0n) is 27.0. The van der Waals surface area contributed by atoms with E-state index in [2.05, 4.69) is 91.0 Å². The van der Waals surface area contributed by atoms with Gasteiger partial charge >= 0.3 is 0 Å². The number of rotatable bonds is 4. The lowest BCUT2D eigenvalue weighted by molar-refractivity contribution is 0.373. The number of phenolic OH excluding ortho intramolecular Hbond substituents is 3. The molecule has 0 atom stereocenters. The Morgan fingerprint density at radius 2 is 1.00 bits per heavy atom. The van der Waals surface area contributed by atoms with Gasteiger partial charge in [0.2, 0.25) is 0 Å². The molecule has 4 heteroatoms. The number of aromatic hydroxyl groups is 3. The summed E-state index contributed by atoms with van der Waals surface area (Å²) in [5.41, 5.74) is 14.2. The lowest BCUT2D eigenvalue weighted by atomic mass is 9.68. The smallest absolute Gasteiger partial charge is 0.161 e. The van der Waals surface area contributed by atoms with Crippen LogP contribution in [0.4, 0.5) is 0 Å². The largest absolute Gasteiger partial charge is 0.508 e. The predicted molar refractivity (Wildman–Crippen MR) is 195 cm³/mol. The highest BCUT2D eigenvalue weighted by Crippen LogP contribution is 2.56. The van der Waals surface area contributed by atoms with Crippen LogP contribution in [0.15, 0.2) is 158 Å². The first-order valence-corrected chi connectivity index (χ1v) is 16.3. The molecular formula is C45H34O4. The van der Waals surface area contributed by atoms with Gasteiger partial charge in [-0.2, -0.15) is 0 Å². The molecule has 0 spiro atoms. The number of methoxy groups -OCH3 is 1. The average Bonchev–Trinajstić information content (AvgIpc) is 3.67. The molecule has 9 rings (SSSR count). The first-order valence-electron chi connectivity index (χ1n) is 16.3. The maximum absolute atomic E-state index is 9.85. The molecule has 2 aliphatic rings. The summed E-state index contributed by atoms with van der Waals surface area (Å²) in [7, 11) is 1.57. The van der Waals surface area contributed by atoms with E-state index >= 15 is 0 Å². The molecule has 238 valence electrons. The predicted octanol–water partition coefficient (Wildman–Crippen LogP) is 10.1. The van der Waals surface area contributed by atoms with Gasteiger partial charge in [0.05, 0.1) is 12.5 Å². The van der Waals surface area contributed by atoms with Crippen molar-refractivity contribution in [3.8, 4) is 56.4 Å². The standard InChI is InChI=1S/C25H18O2.C20H16O2/c26-19-13-9-17(10-14-19)25(18-11-15-20(27)16-12-18)23-7-3-1-5-21(23)22-6-2-4-8-24(22)25;1-22-20-12-14(9-10-19(20)21)16-7-4-8-17-15-6-3-2-5-13(15)11-18(16)17/h1-16,26-27H;2-10,12,21H,11H2,1H3. The van der Waals surface area contributed by atoms with Gasteiger partial charge in [0.25, 0.3) is 0 Å². The van der Waals surface area contributed by atoms with E-state index in [1.807, 2.05) is 36.4 Å². The molecule has 0 fully saturated rings. The molecule has 0 bridgehead atoms. The number of hydrogen-bond donors (Lipinski definition) is 3.